The molecule has 0 radical (unpaired) electrons. The van der Waals surface area contributed by atoms with Crippen LogP contribution in [0.2, 0.25) is 0 Å². The molecule has 30 heavy (non-hydrogen) atoms. The molecular formula is C21H29N3O5S. The molecule has 2 aromatic rings. The largest absolute Gasteiger partial charge is 0.497 e. The van der Waals surface area contributed by atoms with Crippen molar-refractivity contribution in [3.8, 4) is 5.75 Å². The van der Waals surface area contributed by atoms with E-state index in [1.54, 1.807) is 43.6 Å². The van der Waals surface area contributed by atoms with Crippen LogP contribution >= 0.6 is 0 Å². The van der Waals surface area contributed by atoms with Gasteiger partial charge in [0.2, 0.25) is 10.0 Å². The number of hydrogen-bond acceptors (Lipinski definition) is 6. The number of aromatic nitrogens is 1. The average molecular weight is 436 g/mol. The van der Waals surface area contributed by atoms with Crippen molar-refractivity contribution in [2.75, 3.05) is 13.7 Å². The van der Waals surface area contributed by atoms with Crippen LogP contribution in [0.25, 0.3) is 0 Å². The van der Waals surface area contributed by atoms with Gasteiger partial charge in [-0.05, 0) is 48.7 Å². The third kappa shape index (κ3) is 6.25. The zero-order valence-corrected chi connectivity index (χ0v) is 18.4. The monoisotopic (exact) mass is 435 g/mol. The van der Waals surface area contributed by atoms with Crippen LogP contribution in [-0.4, -0.2) is 43.4 Å². The van der Waals surface area contributed by atoms with Gasteiger partial charge < -0.3 is 4.74 Å². The lowest BCUT2D eigenvalue weighted by molar-refractivity contribution is -0.138. The number of unbranched alkanes of at least 4 members (excludes halogenated alkanes) is 1. The van der Waals surface area contributed by atoms with Crippen LogP contribution in [0.15, 0.2) is 53.7 Å². The van der Waals surface area contributed by atoms with E-state index in [1.807, 2.05) is 6.92 Å². The molecule has 0 spiro atoms. The van der Waals surface area contributed by atoms with Crippen molar-refractivity contribution < 1.29 is 22.8 Å². The van der Waals surface area contributed by atoms with Gasteiger partial charge in [-0.2, -0.15) is 4.31 Å². The molecule has 0 aliphatic rings. The lowest BCUT2D eigenvalue weighted by atomic mass is 10.2. The first-order valence-corrected chi connectivity index (χ1v) is 11.3. The molecule has 0 bridgehead atoms. The number of rotatable bonds is 12. The maximum absolute atomic E-state index is 13.5. The Morgan fingerprint density at radius 1 is 1.20 bits per heavy atom. The fraction of sp³-hybridized carbons (Fsp3) is 0.429. The summed E-state index contributed by atoms with van der Waals surface area (Å²) in [7, 11) is -2.47. The molecular weight excluding hydrogens is 406 g/mol. The Balaban J connectivity index is 2.35. The van der Waals surface area contributed by atoms with Crippen molar-refractivity contribution in [3.63, 3.8) is 0 Å². The van der Waals surface area contributed by atoms with Gasteiger partial charge in [0, 0.05) is 18.9 Å². The number of ether oxygens (including phenoxy) is 1. The fourth-order valence-corrected chi connectivity index (χ4v) is 4.49. The number of nitrogens with one attached hydrogen (secondary N) is 1. The predicted molar refractivity (Wildman–Crippen MR) is 113 cm³/mol. The van der Waals surface area contributed by atoms with E-state index in [9.17, 15) is 13.2 Å². The number of methoxy groups -OCH3 is 1. The van der Waals surface area contributed by atoms with Crippen molar-refractivity contribution >= 4 is 15.9 Å². The summed E-state index contributed by atoms with van der Waals surface area (Å²) in [6.07, 6.45) is 5.18. The van der Waals surface area contributed by atoms with Crippen LogP contribution in [0, 0.1) is 0 Å². The smallest absolute Gasteiger partial charge is 0.261 e. The van der Waals surface area contributed by atoms with Crippen LogP contribution in [-0.2, 0) is 26.2 Å². The van der Waals surface area contributed by atoms with E-state index >= 15 is 0 Å². The Hall–Kier alpha value is -2.49. The first-order valence-electron chi connectivity index (χ1n) is 9.90. The number of benzene rings is 1. The number of sulfonamides is 1. The highest BCUT2D eigenvalue weighted by Crippen LogP contribution is 2.24. The number of carbonyl (C=O) groups is 1. The lowest BCUT2D eigenvalue weighted by Crippen LogP contribution is -2.48. The van der Waals surface area contributed by atoms with E-state index < -0.39 is 22.0 Å². The van der Waals surface area contributed by atoms with E-state index in [-0.39, 0.29) is 17.9 Å². The molecule has 0 saturated carbocycles. The highest BCUT2D eigenvalue weighted by molar-refractivity contribution is 7.89. The van der Waals surface area contributed by atoms with Gasteiger partial charge >= 0.3 is 0 Å². The Bertz CT molecular complexity index is 889. The topological polar surface area (TPSA) is 97.8 Å². The number of amides is 1. The zero-order chi connectivity index (χ0) is 22.0. The van der Waals surface area contributed by atoms with E-state index in [1.165, 1.54) is 23.5 Å². The summed E-state index contributed by atoms with van der Waals surface area (Å²) in [4.78, 5) is 22.1. The molecule has 2 rings (SSSR count). The molecule has 1 aromatic carbocycles. The fourth-order valence-electron chi connectivity index (χ4n) is 2.84. The van der Waals surface area contributed by atoms with E-state index in [2.05, 4.69) is 10.5 Å². The number of carbonyl (C=O) groups excluding carboxylic acids is 1. The molecule has 1 aromatic heterocycles. The minimum absolute atomic E-state index is 0.00306. The molecule has 0 aliphatic heterocycles. The van der Waals surface area contributed by atoms with Gasteiger partial charge in [-0.1, -0.05) is 26.3 Å². The molecule has 1 N–H and O–H groups in total. The van der Waals surface area contributed by atoms with E-state index in [4.69, 9.17) is 9.57 Å². The van der Waals surface area contributed by atoms with Gasteiger partial charge in [-0.3, -0.25) is 14.6 Å². The molecule has 0 aliphatic carbocycles. The second-order valence-electron chi connectivity index (χ2n) is 6.68. The Morgan fingerprint density at radius 2 is 1.93 bits per heavy atom. The van der Waals surface area contributed by atoms with Crippen LogP contribution < -0.4 is 10.2 Å². The summed E-state index contributed by atoms with van der Waals surface area (Å²) in [6.45, 7) is 4.14. The van der Waals surface area contributed by atoms with Gasteiger partial charge in [0.15, 0.2) is 0 Å². The number of hydroxylamine groups is 1. The Labute approximate surface area is 178 Å². The molecule has 0 saturated heterocycles. The first kappa shape index (κ1) is 23.8. The van der Waals surface area contributed by atoms with Crippen LogP contribution in [0.5, 0.6) is 5.75 Å². The number of pyridine rings is 1. The van der Waals surface area contributed by atoms with Crippen molar-refractivity contribution in [1.82, 2.24) is 14.8 Å². The molecule has 1 amide bonds. The highest BCUT2D eigenvalue weighted by Gasteiger charge is 2.35. The SMILES string of the molecule is CCCCONC(=O)[C@@H](CC)N(Cc1cccnc1)S(=O)(=O)c1ccc(OC)cc1. The summed E-state index contributed by atoms with van der Waals surface area (Å²) < 4.78 is 33.2. The van der Waals surface area contributed by atoms with Crippen molar-refractivity contribution in [2.24, 2.45) is 0 Å². The van der Waals surface area contributed by atoms with Gasteiger partial charge in [-0.25, -0.2) is 13.9 Å². The second-order valence-corrected chi connectivity index (χ2v) is 8.57. The maximum Gasteiger partial charge on any atom is 0.261 e. The van der Waals surface area contributed by atoms with Gasteiger partial charge in [-0.15, -0.1) is 0 Å². The molecule has 9 heteroatoms. The van der Waals surface area contributed by atoms with Crippen molar-refractivity contribution in [3.05, 3.63) is 54.4 Å². The maximum atomic E-state index is 13.5. The Kier molecular flexibility index (Phi) is 9.22. The van der Waals surface area contributed by atoms with Crippen molar-refractivity contribution in [2.45, 2.75) is 50.6 Å². The summed E-state index contributed by atoms with van der Waals surface area (Å²) in [5.74, 6) is 0.0384. The van der Waals surface area contributed by atoms with Crippen LogP contribution in [0.4, 0.5) is 0 Å². The molecule has 0 unspecified atom stereocenters. The standard InChI is InChI=1S/C21H29N3O5S/c1-4-6-14-29-23-21(25)20(5-2)24(16-17-8-7-13-22-15-17)30(26,27)19-11-9-18(28-3)10-12-19/h7-13,15,20H,4-6,14,16H2,1-3H3,(H,23,25)/t20-/m1/s1. The van der Waals surface area contributed by atoms with E-state index in [0.29, 0.717) is 17.9 Å². The Morgan fingerprint density at radius 3 is 2.50 bits per heavy atom. The third-order valence-electron chi connectivity index (χ3n) is 4.54. The van der Waals surface area contributed by atoms with Gasteiger partial charge in [0.1, 0.15) is 11.8 Å². The zero-order valence-electron chi connectivity index (χ0n) is 17.6. The highest BCUT2D eigenvalue weighted by atomic mass is 32.2. The minimum atomic E-state index is -3.98. The predicted octanol–water partition coefficient (Wildman–Crippen LogP) is 2.91. The normalized spacial score (nSPS) is 12.5. The number of hydrogen-bond donors (Lipinski definition) is 1. The van der Waals surface area contributed by atoms with E-state index in [0.717, 1.165) is 12.8 Å². The molecule has 1 heterocycles. The summed E-state index contributed by atoms with van der Waals surface area (Å²) >= 11 is 0. The quantitative estimate of drug-likeness (QED) is 0.407. The summed E-state index contributed by atoms with van der Waals surface area (Å²) in [5, 5.41) is 0. The lowest BCUT2D eigenvalue weighted by Gasteiger charge is -2.29. The second kappa shape index (κ2) is 11.6. The first-order chi connectivity index (χ1) is 14.4. The van der Waals surface area contributed by atoms with Crippen LogP contribution in [0.3, 0.4) is 0 Å². The molecule has 1 atom stereocenters. The summed E-state index contributed by atoms with van der Waals surface area (Å²) in [6, 6.07) is 8.63. The number of nitrogens with zero attached hydrogens (tertiary/aromatic N) is 2. The van der Waals surface area contributed by atoms with Gasteiger partial charge in [0.25, 0.3) is 5.91 Å². The molecule has 164 valence electrons. The van der Waals surface area contributed by atoms with Crippen LogP contribution in [0.1, 0.15) is 38.7 Å². The summed E-state index contributed by atoms with van der Waals surface area (Å²) in [5.41, 5.74) is 3.07. The minimum Gasteiger partial charge on any atom is -0.497 e. The molecule has 8 nitrogen and oxygen atoms in total. The van der Waals surface area contributed by atoms with Gasteiger partial charge in [0.05, 0.1) is 18.6 Å². The average Bonchev–Trinajstić information content (AvgIpc) is 2.77. The third-order valence-corrected chi connectivity index (χ3v) is 6.41. The van der Waals surface area contributed by atoms with Crippen molar-refractivity contribution in [1.29, 1.82) is 0 Å². The molecule has 0 fully saturated rings.